The smallest absolute Gasteiger partial charge is 0.354 e. The second kappa shape index (κ2) is 9.46. The third-order valence-electron chi connectivity index (χ3n) is 5.66. The second-order valence-corrected chi connectivity index (χ2v) is 8.99. The molecule has 0 spiro atoms. The van der Waals surface area contributed by atoms with Crippen LogP contribution in [-0.2, 0) is 6.54 Å². The third kappa shape index (κ3) is 4.90. The fourth-order valence-corrected chi connectivity index (χ4v) is 4.94. The van der Waals surface area contributed by atoms with E-state index in [9.17, 15) is 4.79 Å². The topological polar surface area (TPSA) is 87.6 Å². The first-order valence-electron chi connectivity index (χ1n) is 11.0. The predicted octanol–water partition coefficient (Wildman–Crippen LogP) is 5.78. The van der Waals surface area contributed by atoms with Crippen LogP contribution in [0.15, 0.2) is 60.8 Å². The molecule has 5 rings (SSSR count). The number of piperidine rings is 1. The molecule has 7 nitrogen and oxygen atoms in total. The predicted molar refractivity (Wildman–Crippen MR) is 131 cm³/mol. The number of para-hydroxylation sites is 1. The third-order valence-corrected chi connectivity index (χ3v) is 6.64. The lowest BCUT2D eigenvalue weighted by atomic mass is 10.1. The first-order valence-corrected chi connectivity index (χ1v) is 11.8. The van der Waals surface area contributed by atoms with Crippen LogP contribution in [0.1, 0.15) is 35.3 Å². The monoisotopic (exact) mass is 460 g/mol. The van der Waals surface area contributed by atoms with E-state index in [-0.39, 0.29) is 5.69 Å². The summed E-state index contributed by atoms with van der Waals surface area (Å²) in [4.78, 5) is 22.1. The quantitative estimate of drug-likeness (QED) is 0.361. The average Bonchev–Trinajstić information content (AvgIpc) is 3.26. The number of fused-ring (bicyclic) bond motifs is 1. The Bertz CT molecular complexity index is 1280. The van der Waals surface area contributed by atoms with E-state index in [1.807, 2.05) is 18.2 Å². The van der Waals surface area contributed by atoms with Gasteiger partial charge in [-0.25, -0.2) is 14.8 Å². The van der Waals surface area contributed by atoms with E-state index in [2.05, 4.69) is 39.5 Å². The zero-order valence-corrected chi connectivity index (χ0v) is 18.8. The maximum absolute atomic E-state index is 11.1. The molecule has 1 saturated heterocycles. The van der Waals surface area contributed by atoms with Crippen molar-refractivity contribution in [1.29, 1.82) is 0 Å². The number of pyridine rings is 1. The van der Waals surface area contributed by atoms with Gasteiger partial charge in [0.15, 0.2) is 10.8 Å². The molecule has 8 heteroatoms. The maximum Gasteiger partial charge on any atom is 0.354 e. The number of carboxylic acids is 1. The number of nitrogens with zero attached hydrogens (tertiary/aromatic N) is 3. The van der Waals surface area contributed by atoms with Gasteiger partial charge < -0.3 is 20.1 Å². The number of rotatable bonds is 7. The normalized spacial score (nSPS) is 13.8. The molecule has 0 aliphatic carbocycles. The van der Waals surface area contributed by atoms with Crippen LogP contribution in [0, 0.1) is 0 Å². The number of hydrogen-bond acceptors (Lipinski definition) is 7. The van der Waals surface area contributed by atoms with Crippen molar-refractivity contribution in [3.63, 3.8) is 0 Å². The molecule has 2 aromatic heterocycles. The minimum Gasteiger partial charge on any atom is -0.477 e. The summed E-state index contributed by atoms with van der Waals surface area (Å²) in [5.41, 5.74) is 3.41. The van der Waals surface area contributed by atoms with Crippen molar-refractivity contribution in [1.82, 2.24) is 9.97 Å². The lowest BCUT2D eigenvalue weighted by Gasteiger charge is -2.30. The van der Waals surface area contributed by atoms with Crippen molar-refractivity contribution in [2.24, 2.45) is 0 Å². The molecular weight excluding hydrogens is 436 g/mol. The summed E-state index contributed by atoms with van der Waals surface area (Å²) in [5, 5.41) is 13.4. The maximum atomic E-state index is 11.1. The number of benzene rings is 2. The molecular formula is C25H24N4O3S. The molecule has 0 amide bonds. The van der Waals surface area contributed by atoms with Crippen LogP contribution in [0.25, 0.3) is 10.2 Å². The molecule has 2 N–H and O–H groups in total. The Labute approximate surface area is 195 Å². The van der Waals surface area contributed by atoms with Crippen LogP contribution < -0.4 is 15.0 Å². The number of aromatic carboxylic acids is 1. The molecule has 0 unspecified atom stereocenters. The molecule has 0 radical (unpaired) electrons. The molecule has 1 aliphatic heterocycles. The zero-order valence-electron chi connectivity index (χ0n) is 18.0. The van der Waals surface area contributed by atoms with Gasteiger partial charge >= 0.3 is 5.97 Å². The summed E-state index contributed by atoms with van der Waals surface area (Å²) in [6, 6.07) is 17.3. The largest absolute Gasteiger partial charge is 0.477 e. The van der Waals surface area contributed by atoms with Gasteiger partial charge in [-0.2, -0.15) is 0 Å². The van der Waals surface area contributed by atoms with E-state index < -0.39 is 5.97 Å². The van der Waals surface area contributed by atoms with Gasteiger partial charge in [-0.3, -0.25) is 0 Å². The Morgan fingerprint density at radius 2 is 1.88 bits per heavy atom. The number of carbonyl (C=O) groups is 1. The van der Waals surface area contributed by atoms with Crippen LogP contribution in [-0.4, -0.2) is 34.1 Å². The number of carboxylic acid groups (broad SMARTS) is 1. The molecule has 1 fully saturated rings. The molecule has 168 valence electrons. The fourth-order valence-electron chi connectivity index (χ4n) is 4.05. The lowest BCUT2D eigenvalue weighted by molar-refractivity contribution is 0.0690. The summed E-state index contributed by atoms with van der Waals surface area (Å²) in [5.74, 6) is -0.0365. The van der Waals surface area contributed by atoms with Gasteiger partial charge in [0.2, 0.25) is 0 Å². The van der Waals surface area contributed by atoms with E-state index in [0.29, 0.717) is 18.0 Å². The van der Waals surface area contributed by atoms with Gasteiger partial charge in [0.05, 0.1) is 10.2 Å². The van der Waals surface area contributed by atoms with Crippen LogP contribution in [0.4, 0.5) is 10.8 Å². The second-order valence-electron chi connectivity index (χ2n) is 7.96. The summed E-state index contributed by atoms with van der Waals surface area (Å²) in [6.45, 7) is 2.95. The van der Waals surface area contributed by atoms with Gasteiger partial charge in [0.1, 0.15) is 11.5 Å². The van der Waals surface area contributed by atoms with Crippen molar-refractivity contribution in [3.05, 3.63) is 72.1 Å². The molecule has 0 atom stereocenters. The Morgan fingerprint density at radius 3 is 2.73 bits per heavy atom. The highest BCUT2D eigenvalue weighted by molar-refractivity contribution is 7.22. The molecule has 0 bridgehead atoms. The van der Waals surface area contributed by atoms with Crippen molar-refractivity contribution in [2.75, 3.05) is 23.3 Å². The van der Waals surface area contributed by atoms with E-state index in [4.69, 9.17) is 14.8 Å². The van der Waals surface area contributed by atoms with E-state index in [1.54, 1.807) is 17.4 Å². The Morgan fingerprint density at radius 1 is 1.06 bits per heavy atom. The first kappa shape index (κ1) is 21.2. The molecule has 1 aliphatic rings. The van der Waals surface area contributed by atoms with Crippen LogP contribution in [0.5, 0.6) is 11.5 Å². The lowest BCUT2D eigenvalue weighted by Crippen LogP contribution is -2.30. The molecule has 0 saturated carbocycles. The van der Waals surface area contributed by atoms with Gasteiger partial charge in [0, 0.05) is 43.7 Å². The molecule has 33 heavy (non-hydrogen) atoms. The Hall–Kier alpha value is -3.65. The molecule has 3 heterocycles. The highest BCUT2D eigenvalue weighted by Gasteiger charge is 2.14. The Balaban J connectivity index is 1.30. The van der Waals surface area contributed by atoms with E-state index in [0.717, 1.165) is 28.4 Å². The SMILES string of the molecule is O=C(O)c1cc(Oc2ccc3nc(NCc4ccccc4N4CCCCC4)sc3c2)ccn1. The van der Waals surface area contributed by atoms with Crippen molar-refractivity contribution in [3.8, 4) is 11.5 Å². The molecule has 2 aromatic carbocycles. The minimum atomic E-state index is -1.09. The van der Waals surface area contributed by atoms with Gasteiger partial charge in [0.25, 0.3) is 0 Å². The summed E-state index contributed by atoms with van der Waals surface area (Å²) in [6.07, 6.45) is 5.24. The van der Waals surface area contributed by atoms with Crippen molar-refractivity contribution in [2.45, 2.75) is 25.8 Å². The number of nitrogens with one attached hydrogen (secondary N) is 1. The van der Waals surface area contributed by atoms with E-state index in [1.165, 1.54) is 42.8 Å². The minimum absolute atomic E-state index is 0.0531. The van der Waals surface area contributed by atoms with Gasteiger partial charge in [-0.05, 0) is 49.1 Å². The number of hydrogen-bond donors (Lipinski definition) is 2. The van der Waals surface area contributed by atoms with E-state index >= 15 is 0 Å². The summed E-state index contributed by atoms with van der Waals surface area (Å²) in [7, 11) is 0. The van der Waals surface area contributed by atoms with Crippen molar-refractivity contribution < 1.29 is 14.6 Å². The number of thiazole rings is 1. The van der Waals surface area contributed by atoms with Crippen LogP contribution in [0.3, 0.4) is 0 Å². The standard InChI is InChI=1S/C25H24N4O3S/c30-24(31)21-14-19(10-11-26-21)32-18-8-9-20-23(15-18)33-25(28-20)27-16-17-6-2-3-7-22(17)29-12-4-1-5-13-29/h2-3,6-11,14-15H,1,4-5,12-13,16H2,(H,27,28)(H,30,31). The van der Waals surface area contributed by atoms with Crippen molar-refractivity contribution >= 4 is 38.3 Å². The van der Waals surface area contributed by atoms with Crippen LogP contribution >= 0.6 is 11.3 Å². The first-order chi connectivity index (χ1) is 16.2. The van der Waals surface area contributed by atoms with Gasteiger partial charge in [-0.15, -0.1) is 0 Å². The highest BCUT2D eigenvalue weighted by Crippen LogP contribution is 2.32. The average molecular weight is 461 g/mol. The fraction of sp³-hybridized carbons (Fsp3) is 0.240. The van der Waals surface area contributed by atoms with Crippen LogP contribution in [0.2, 0.25) is 0 Å². The summed E-state index contributed by atoms with van der Waals surface area (Å²) < 4.78 is 6.84. The Kier molecular flexibility index (Phi) is 6.08. The molecule has 4 aromatic rings. The van der Waals surface area contributed by atoms with Gasteiger partial charge in [-0.1, -0.05) is 29.5 Å². The zero-order chi connectivity index (χ0) is 22.6. The number of ether oxygens (including phenoxy) is 1. The number of anilines is 2. The number of aromatic nitrogens is 2. The summed E-state index contributed by atoms with van der Waals surface area (Å²) >= 11 is 1.57. The highest BCUT2D eigenvalue weighted by atomic mass is 32.1.